The van der Waals surface area contributed by atoms with Crippen LogP contribution in [0.1, 0.15) is 50.2 Å². The molecule has 1 unspecified atom stereocenters. The first-order chi connectivity index (χ1) is 13.3. The fourth-order valence-corrected chi connectivity index (χ4v) is 4.40. The number of likely N-dealkylation sites (N-methyl/N-ethyl adjacent to an activating group) is 1. The number of aliphatic imine (C=N–C) groups is 1. The van der Waals surface area contributed by atoms with Crippen LogP contribution in [0, 0.1) is 0 Å². The molecule has 2 aliphatic rings. The number of guanidine groups is 1. The molecule has 0 aliphatic carbocycles. The molecule has 3 rings (SSSR count). The number of benzene rings is 1. The van der Waals surface area contributed by atoms with Gasteiger partial charge in [-0.3, -0.25) is 14.8 Å². The van der Waals surface area contributed by atoms with Crippen molar-refractivity contribution in [1.82, 2.24) is 20.4 Å². The highest BCUT2D eigenvalue weighted by Gasteiger charge is 2.22. The fourth-order valence-electron chi connectivity index (χ4n) is 4.40. The maximum Gasteiger partial charge on any atom is 0.191 e. The van der Waals surface area contributed by atoms with E-state index >= 15 is 0 Å². The van der Waals surface area contributed by atoms with Gasteiger partial charge >= 0.3 is 0 Å². The van der Waals surface area contributed by atoms with E-state index < -0.39 is 0 Å². The summed E-state index contributed by atoms with van der Waals surface area (Å²) >= 11 is 0. The molecule has 0 aromatic heterocycles. The van der Waals surface area contributed by atoms with E-state index in [-0.39, 0.29) is 0 Å². The topological polar surface area (TPSA) is 42.9 Å². The summed E-state index contributed by atoms with van der Waals surface area (Å²) in [6.07, 6.45) is 6.67. The molecule has 0 bridgehead atoms. The molecule has 2 aliphatic heterocycles. The van der Waals surface area contributed by atoms with Gasteiger partial charge in [0, 0.05) is 32.7 Å². The van der Waals surface area contributed by atoms with Gasteiger partial charge in [-0.15, -0.1) is 0 Å². The summed E-state index contributed by atoms with van der Waals surface area (Å²) in [5.74, 6) is 0.908. The van der Waals surface area contributed by atoms with Crippen molar-refractivity contribution in [3.63, 3.8) is 0 Å². The van der Waals surface area contributed by atoms with Crippen molar-refractivity contribution in [1.29, 1.82) is 0 Å². The second-order valence-electron chi connectivity index (χ2n) is 7.84. The number of piperidine rings is 1. The Balaban J connectivity index is 1.50. The van der Waals surface area contributed by atoms with Crippen LogP contribution in [0.2, 0.25) is 0 Å². The van der Waals surface area contributed by atoms with E-state index in [2.05, 4.69) is 56.6 Å². The second-order valence-corrected chi connectivity index (χ2v) is 7.84. The van der Waals surface area contributed by atoms with E-state index in [0.717, 1.165) is 32.1 Å². The maximum atomic E-state index is 4.43. The third-order valence-corrected chi connectivity index (χ3v) is 6.04. The zero-order valence-electron chi connectivity index (χ0n) is 17.2. The molecule has 150 valence electrons. The third-order valence-electron chi connectivity index (χ3n) is 6.04. The van der Waals surface area contributed by atoms with Crippen molar-refractivity contribution in [2.24, 2.45) is 4.99 Å². The van der Waals surface area contributed by atoms with Crippen molar-refractivity contribution in [3.8, 4) is 0 Å². The molecule has 0 amide bonds. The smallest absolute Gasteiger partial charge is 0.191 e. The number of hydrogen-bond donors (Lipinski definition) is 2. The highest BCUT2D eigenvalue weighted by Crippen LogP contribution is 2.17. The van der Waals surface area contributed by atoms with Crippen molar-refractivity contribution < 1.29 is 0 Å². The molecule has 2 saturated heterocycles. The minimum Gasteiger partial charge on any atom is -0.355 e. The van der Waals surface area contributed by atoms with Gasteiger partial charge in [0.1, 0.15) is 0 Å². The molecule has 2 fully saturated rings. The Bertz CT molecular complexity index is 594. The molecule has 5 heteroatoms. The van der Waals surface area contributed by atoms with Crippen LogP contribution in [0.25, 0.3) is 0 Å². The third kappa shape index (κ3) is 5.94. The number of rotatable bonds is 7. The van der Waals surface area contributed by atoms with Gasteiger partial charge in [0.25, 0.3) is 0 Å². The van der Waals surface area contributed by atoms with Crippen LogP contribution >= 0.6 is 0 Å². The van der Waals surface area contributed by atoms with Crippen LogP contribution < -0.4 is 10.6 Å². The van der Waals surface area contributed by atoms with Gasteiger partial charge in [0.05, 0.1) is 0 Å². The summed E-state index contributed by atoms with van der Waals surface area (Å²) < 4.78 is 0. The van der Waals surface area contributed by atoms with Gasteiger partial charge in [-0.2, -0.15) is 0 Å². The lowest BCUT2D eigenvalue weighted by molar-refractivity contribution is 0.220. The van der Waals surface area contributed by atoms with Crippen molar-refractivity contribution >= 4 is 5.96 Å². The van der Waals surface area contributed by atoms with E-state index in [9.17, 15) is 0 Å². The first kappa shape index (κ1) is 20.2. The Labute approximate surface area is 165 Å². The highest BCUT2D eigenvalue weighted by atomic mass is 15.2. The van der Waals surface area contributed by atoms with Crippen LogP contribution in [0.3, 0.4) is 0 Å². The monoisotopic (exact) mass is 371 g/mol. The van der Waals surface area contributed by atoms with E-state index in [1.165, 1.54) is 62.9 Å². The van der Waals surface area contributed by atoms with E-state index in [1.807, 2.05) is 7.05 Å². The maximum absolute atomic E-state index is 4.43. The number of hydrogen-bond acceptors (Lipinski definition) is 3. The molecule has 2 heterocycles. The zero-order chi connectivity index (χ0) is 18.9. The largest absolute Gasteiger partial charge is 0.355 e. The van der Waals surface area contributed by atoms with Crippen molar-refractivity contribution in [2.45, 2.75) is 58.2 Å². The summed E-state index contributed by atoms with van der Waals surface area (Å²) in [5.41, 5.74) is 2.82. The summed E-state index contributed by atoms with van der Waals surface area (Å²) in [6.45, 7) is 9.97. The van der Waals surface area contributed by atoms with E-state index in [4.69, 9.17) is 0 Å². The first-order valence-electron chi connectivity index (χ1n) is 10.8. The number of likely N-dealkylation sites (tertiary alicyclic amines) is 2. The fraction of sp³-hybridized carbons (Fsp3) is 0.682. The Kier molecular flexibility index (Phi) is 7.96. The van der Waals surface area contributed by atoms with Gasteiger partial charge < -0.3 is 10.6 Å². The zero-order valence-corrected chi connectivity index (χ0v) is 17.2. The number of nitrogens with zero attached hydrogens (tertiary/aromatic N) is 3. The van der Waals surface area contributed by atoms with Gasteiger partial charge in [-0.25, -0.2) is 0 Å². The predicted molar refractivity (Wildman–Crippen MR) is 114 cm³/mol. The van der Waals surface area contributed by atoms with Crippen LogP contribution in [0.5, 0.6) is 0 Å². The predicted octanol–water partition coefficient (Wildman–Crippen LogP) is 2.82. The van der Waals surface area contributed by atoms with Gasteiger partial charge in [0.2, 0.25) is 0 Å². The Morgan fingerprint density at radius 1 is 1.04 bits per heavy atom. The summed E-state index contributed by atoms with van der Waals surface area (Å²) in [5, 5.41) is 7.06. The lowest BCUT2D eigenvalue weighted by atomic mass is 10.0. The Hall–Kier alpha value is -1.59. The Morgan fingerprint density at radius 3 is 2.56 bits per heavy atom. The number of nitrogens with one attached hydrogen (secondary N) is 2. The minimum absolute atomic E-state index is 0.639. The quantitative estimate of drug-likeness (QED) is 0.571. The molecule has 0 saturated carbocycles. The Morgan fingerprint density at radius 2 is 1.81 bits per heavy atom. The van der Waals surface area contributed by atoms with Crippen molar-refractivity contribution in [3.05, 3.63) is 35.4 Å². The average Bonchev–Trinajstić information content (AvgIpc) is 3.17. The van der Waals surface area contributed by atoms with E-state index in [1.54, 1.807) is 0 Å². The van der Waals surface area contributed by atoms with Crippen LogP contribution in [0.15, 0.2) is 29.3 Å². The minimum atomic E-state index is 0.639. The van der Waals surface area contributed by atoms with Crippen molar-refractivity contribution in [2.75, 3.05) is 39.8 Å². The molecule has 1 aromatic rings. The molecule has 0 spiro atoms. The SMILES string of the molecule is CCN1CCCC1CNC(=NC)NCc1ccccc1CN1CCCCC1. The molecular formula is C22H37N5. The van der Waals surface area contributed by atoms with Gasteiger partial charge in [0.15, 0.2) is 5.96 Å². The molecule has 2 N–H and O–H groups in total. The first-order valence-corrected chi connectivity index (χ1v) is 10.8. The second kappa shape index (κ2) is 10.7. The summed E-state index contributed by atoms with van der Waals surface area (Å²) in [7, 11) is 1.86. The summed E-state index contributed by atoms with van der Waals surface area (Å²) in [4.78, 5) is 9.58. The van der Waals surface area contributed by atoms with Gasteiger partial charge in [-0.1, -0.05) is 37.6 Å². The molecule has 1 aromatic carbocycles. The standard InChI is InChI=1S/C22H37N5/c1-3-27-15-9-12-21(27)17-25-22(23-2)24-16-19-10-5-6-11-20(19)18-26-13-7-4-8-14-26/h5-6,10-11,21H,3-4,7-9,12-18H2,1-2H3,(H2,23,24,25). The molecule has 27 heavy (non-hydrogen) atoms. The average molecular weight is 372 g/mol. The lowest BCUT2D eigenvalue weighted by Gasteiger charge is -2.27. The summed E-state index contributed by atoms with van der Waals surface area (Å²) in [6, 6.07) is 9.47. The van der Waals surface area contributed by atoms with E-state index in [0.29, 0.717) is 6.04 Å². The molecule has 5 nitrogen and oxygen atoms in total. The van der Waals surface area contributed by atoms with Crippen LogP contribution in [-0.2, 0) is 13.1 Å². The van der Waals surface area contributed by atoms with Gasteiger partial charge in [-0.05, 0) is 63.0 Å². The van der Waals surface area contributed by atoms with Crippen LogP contribution in [-0.4, -0.2) is 61.6 Å². The molecular weight excluding hydrogens is 334 g/mol. The van der Waals surface area contributed by atoms with Crippen LogP contribution in [0.4, 0.5) is 0 Å². The normalized spacial score (nSPS) is 22.1. The molecule has 1 atom stereocenters. The lowest BCUT2D eigenvalue weighted by Crippen LogP contribution is -2.44. The molecule has 0 radical (unpaired) electrons. The highest BCUT2D eigenvalue weighted by molar-refractivity contribution is 5.79.